The van der Waals surface area contributed by atoms with Gasteiger partial charge < -0.3 is 0 Å². The fraction of sp³-hybridized carbons (Fsp3) is 0.222. The van der Waals surface area contributed by atoms with Crippen LogP contribution < -0.4 is 0 Å². The van der Waals surface area contributed by atoms with E-state index in [2.05, 4.69) is 20.5 Å². The molecule has 0 spiro atoms. The zero-order valence-corrected chi connectivity index (χ0v) is 12.2. The summed E-state index contributed by atoms with van der Waals surface area (Å²) < 4.78 is 36.6. The Bertz CT molecular complexity index is 297. The molecule has 1 aromatic rings. The summed E-state index contributed by atoms with van der Waals surface area (Å²) in [4.78, 5) is 0. The third-order valence-corrected chi connectivity index (χ3v) is 1.75. The molecule has 5 heteroatoms. The minimum absolute atomic E-state index is 0.199. The first-order valence-electron chi connectivity index (χ1n) is 3.68. The monoisotopic (exact) mass is 316 g/mol. The Balaban J connectivity index is 0.000000791. The zero-order valence-electron chi connectivity index (χ0n) is 7.66. The Morgan fingerprint density at radius 2 is 1.79 bits per heavy atom. The van der Waals surface area contributed by atoms with Crippen molar-refractivity contribution in [1.82, 2.24) is 0 Å². The molecule has 0 saturated carbocycles. The Labute approximate surface area is 97.9 Å². The van der Waals surface area contributed by atoms with Crippen LogP contribution >= 0.6 is 13.6 Å². The van der Waals surface area contributed by atoms with E-state index in [1.54, 1.807) is 6.07 Å². The van der Waals surface area contributed by atoms with Gasteiger partial charge in [-0.15, -0.1) is 11.6 Å². The molecule has 0 aliphatic heterocycles. The molecule has 0 saturated heterocycles. The molecule has 0 aliphatic rings. The second-order valence-electron chi connectivity index (χ2n) is 2.59. The molecule has 0 N–H and O–H groups in total. The fourth-order valence-electron chi connectivity index (χ4n) is 0.991. The molecule has 0 aromatic heterocycles. The molecule has 0 radical (unpaired) electrons. The molecule has 0 atom stereocenters. The van der Waals surface area contributed by atoms with E-state index < -0.39 is 11.7 Å². The van der Waals surface area contributed by atoms with Gasteiger partial charge in [0.25, 0.3) is 0 Å². The molecule has 0 fully saturated rings. The van der Waals surface area contributed by atoms with Crippen LogP contribution in [0.5, 0.6) is 0 Å². The summed E-state index contributed by atoms with van der Waals surface area (Å²) >= 11 is 4.25. The van der Waals surface area contributed by atoms with Crippen molar-refractivity contribution in [3.05, 3.63) is 41.8 Å². The number of hydrogen-bond acceptors (Lipinski definition) is 0. The summed E-state index contributed by atoms with van der Waals surface area (Å²) in [6, 6.07) is 3.98. The summed E-state index contributed by atoms with van der Waals surface area (Å²) in [6.45, 7) is 4.92. The Morgan fingerprint density at radius 3 is 2.14 bits per heavy atom. The summed E-state index contributed by atoms with van der Waals surface area (Å²) in [5.74, 6) is 0. The molecular weight excluding hydrogens is 310 g/mol. The second-order valence-corrected chi connectivity index (χ2v) is 2.59. The predicted octanol–water partition coefficient (Wildman–Crippen LogP) is 4.04. The molecule has 14 heavy (non-hydrogen) atoms. The van der Waals surface area contributed by atoms with Crippen LogP contribution in [0, 0.1) is 13.8 Å². The SMILES string of the molecule is [CH2-]c1cccc(C(F)(F)F)c1C.[Zn+][Br]. The van der Waals surface area contributed by atoms with Gasteiger partial charge in [-0.3, -0.25) is 0 Å². The number of benzene rings is 1. The molecule has 1 aromatic carbocycles. The van der Waals surface area contributed by atoms with Crippen molar-refractivity contribution in [2.45, 2.75) is 13.1 Å². The van der Waals surface area contributed by atoms with Crippen molar-refractivity contribution in [3.8, 4) is 0 Å². The van der Waals surface area contributed by atoms with Gasteiger partial charge in [0.1, 0.15) is 0 Å². The molecule has 0 aliphatic carbocycles. The molecule has 0 heterocycles. The molecule has 74 valence electrons. The standard InChI is InChI=1S/C9H8F3.BrH.Zn/c1-6-4-3-5-8(7(6)2)9(10,11)12;;/h3-5H,1H2,2H3;1H;/q-1;;+2/p-1. The summed E-state index contributed by atoms with van der Waals surface area (Å²) in [6.07, 6.45) is -4.27. The molecule has 0 bridgehead atoms. The zero-order chi connectivity index (χ0) is 11.4. The number of halogens is 4. The number of alkyl halides is 3. The number of hydrogen-bond donors (Lipinski definition) is 0. The van der Waals surface area contributed by atoms with Crippen LogP contribution in [0.15, 0.2) is 18.2 Å². The molecule has 0 unspecified atom stereocenters. The maximum absolute atomic E-state index is 12.2. The van der Waals surface area contributed by atoms with Gasteiger partial charge >= 0.3 is 36.1 Å². The first-order valence-corrected chi connectivity index (χ1v) is 10.6. The van der Waals surface area contributed by atoms with Gasteiger partial charge in [-0.1, -0.05) is 13.0 Å². The first-order chi connectivity index (χ1) is 6.43. The van der Waals surface area contributed by atoms with E-state index in [1.165, 1.54) is 29.3 Å². The van der Waals surface area contributed by atoms with E-state index in [1.807, 2.05) is 0 Å². The van der Waals surface area contributed by atoms with Crippen LogP contribution in [-0.2, 0) is 22.5 Å². The average Bonchev–Trinajstić information content (AvgIpc) is 2.11. The summed E-state index contributed by atoms with van der Waals surface area (Å²) in [5.41, 5.74) is 0.0184. The van der Waals surface area contributed by atoms with Gasteiger partial charge in [-0.25, -0.2) is 0 Å². The topological polar surface area (TPSA) is 0 Å². The van der Waals surface area contributed by atoms with Crippen LogP contribution in [0.2, 0.25) is 0 Å². The molecule has 0 amide bonds. The second kappa shape index (κ2) is 5.77. The van der Waals surface area contributed by atoms with Crippen LogP contribution in [0.25, 0.3) is 0 Å². The Hall–Kier alpha value is -0.0166. The van der Waals surface area contributed by atoms with Crippen molar-refractivity contribution < 1.29 is 29.5 Å². The average molecular weight is 318 g/mol. The third kappa shape index (κ3) is 3.62. The Morgan fingerprint density at radius 1 is 1.29 bits per heavy atom. The Kier molecular flexibility index (Phi) is 5.76. The fourth-order valence-corrected chi connectivity index (χ4v) is 0.991. The molecular formula is C9H8BrF3Zn. The van der Waals surface area contributed by atoms with Crippen molar-refractivity contribution in [1.29, 1.82) is 0 Å². The van der Waals surface area contributed by atoms with E-state index in [9.17, 15) is 13.2 Å². The van der Waals surface area contributed by atoms with Gasteiger partial charge in [0.15, 0.2) is 0 Å². The minimum atomic E-state index is -4.27. The van der Waals surface area contributed by atoms with Gasteiger partial charge in [0.05, 0.1) is 0 Å². The normalized spacial score (nSPS) is 10.5. The van der Waals surface area contributed by atoms with Gasteiger partial charge in [-0.2, -0.15) is 31.7 Å². The van der Waals surface area contributed by atoms with Crippen LogP contribution in [0.1, 0.15) is 16.7 Å². The van der Waals surface area contributed by atoms with E-state index in [0.29, 0.717) is 5.56 Å². The van der Waals surface area contributed by atoms with Crippen molar-refractivity contribution in [2.24, 2.45) is 0 Å². The molecule has 1 rings (SSSR count). The quantitative estimate of drug-likeness (QED) is 0.500. The van der Waals surface area contributed by atoms with Gasteiger partial charge in [-0.05, 0) is 0 Å². The predicted molar refractivity (Wildman–Crippen MR) is 49.6 cm³/mol. The molecule has 0 nitrogen and oxygen atoms in total. The summed E-state index contributed by atoms with van der Waals surface area (Å²) in [7, 11) is 0. The number of rotatable bonds is 0. The first kappa shape index (κ1) is 14.0. The van der Waals surface area contributed by atoms with Gasteiger partial charge in [0, 0.05) is 5.56 Å². The van der Waals surface area contributed by atoms with Crippen LogP contribution in [0.3, 0.4) is 0 Å². The summed E-state index contributed by atoms with van der Waals surface area (Å²) in [5, 5.41) is 0. The van der Waals surface area contributed by atoms with Crippen molar-refractivity contribution in [2.75, 3.05) is 0 Å². The van der Waals surface area contributed by atoms with Crippen LogP contribution in [0.4, 0.5) is 13.2 Å². The third-order valence-electron chi connectivity index (χ3n) is 1.75. The van der Waals surface area contributed by atoms with Crippen molar-refractivity contribution in [3.63, 3.8) is 0 Å². The van der Waals surface area contributed by atoms with Crippen LogP contribution in [-0.4, -0.2) is 0 Å². The van der Waals surface area contributed by atoms with E-state index in [-0.39, 0.29) is 5.56 Å². The maximum atomic E-state index is 12.2. The van der Waals surface area contributed by atoms with E-state index in [0.717, 1.165) is 6.07 Å². The van der Waals surface area contributed by atoms with E-state index >= 15 is 0 Å². The van der Waals surface area contributed by atoms with Crippen molar-refractivity contribution >= 4 is 13.6 Å². The van der Waals surface area contributed by atoms with E-state index in [4.69, 9.17) is 0 Å². The van der Waals surface area contributed by atoms with Gasteiger partial charge in [0.2, 0.25) is 0 Å².